The molecule has 0 unspecified atom stereocenters. The quantitative estimate of drug-likeness (QED) is 0.352. The van der Waals surface area contributed by atoms with Gasteiger partial charge in [0.1, 0.15) is 5.65 Å². The van der Waals surface area contributed by atoms with Gasteiger partial charge >= 0.3 is 0 Å². The molecule has 4 heteroatoms. The van der Waals surface area contributed by atoms with Crippen LogP contribution in [0.1, 0.15) is 11.1 Å². The van der Waals surface area contributed by atoms with Crippen molar-refractivity contribution in [2.24, 2.45) is 0 Å². The average molecular weight is 358 g/mol. The number of pyridine rings is 3. The molecule has 0 N–H and O–H groups in total. The van der Waals surface area contributed by atoms with Crippen LogP contribution in [0.5, 0.6) is 0 Å². The van der Waals surface area contributed by atoms with Crippen molar-refractivity contribution in [3.63, 3.8) is 0 Å². The maximum absolute atomic E-state index is 5.17. The van der Waals surface area contributed by atoms with Gasteiger partial charge in [0, 0.05) is 34.9 Å². The van der Waals surface area contributed by atoms with Gasteiger partial charge in [-0.25, -0.2) is 4.98 Å². The third-order valence-corrected chi connectivity index (χ3v) is 5.92. The maximum Gasteiger partial charge on any atom is 0.147 e. The van der Waals surface area contributed by atoms with Gasteiger partial charge in [0.25, 0.3) is 0 Å². The van der Waals surface area contributed by atoms with E-state index in [1.54, 1.807) is 0 Å². The maximum atomic E-state index is 5.17. The monoisotopic (exact) mass is 358 g/mol. The number of fused-ring (bicyclic) bond motifs is 12. The van der Waals surface area contributed by atoms with Crippen LogP contribution < -0.4 is 0 Å². The molecule has 1 aliphatic rings. The largest absolute Gasteiger partial charge is 0.291 e. The van der Waals surface area contributed by atoms with Crippen molar-refractivity contribution in [1.82, 2.24) is 19.4 Å². The predicted octanol–water partition coefficient (Wildman–Crippen LogP) is 5.16. The van der Waals surface area contributed by atoms with Crippen LogP contribution in [0.15, 0.2) is 73.2 Å². The minimum Gasteiger partial charge on any atom is -0.291 e. The van der Waals surface area contributed by atoms with Gasteiger partial charge in [0.05, 0.1) is 22.1 Å². The molecule has 0 spiro atoms. The van der Waals surface area contributed by atoms with E-state index in [1.165, 1.54) is 22.3 Å². The summed E-state index contributed by atoms with van der Waals surface area (Å²) in [6.07, 6.45) is 6.55. The van der Waals surface area contributed by atoms with E-state index in [9.17, 15) is 0 Å². The lowest BCUT2D eigenvalue weighted by atomic mass is 10.0. The van der Waals surface area contributed by atoms with Crippen molar-refractivity contribution in [3.05, 3.63) is 84.3 Å². The predicted molar refractivity (Wildman–Crippen MR) is 112 cm³/mol. The number of imidazole rings is 1. The topological polar surface area (TPSA) is 43.1 Å². The van der Waals surface area contributed by atoms with Gasteiger partial charge in [-0.2, -0.15) is 0 Å². The molecule has 0 bridgehead atoms. The first-order valence-corrected chi connectivity index (χ1v) is 9.43. The SMILES string of the molecule is c1ccc2c(c1)Cc1ccc3c(nc4c5cccnc5c5cnccc5n34)c1-2. The van der Waals surface area contributed by atoms with Gasteiger partial charge in [0.2, 0.25) is 0 Å². The summed E-state index contributed by atoms with van der Waals surface area (Å²) in [6, 6.07) is 19.3. The van der Waals surface area contributed by atoms with E-state index in [0.29, 0.717) is 0 Å². The Hall–Kier alpha value is -3.79. The van der Waals surface area contributed by atoms with Gasteiger partial charge in [-0.1, -0.05) is 30.3 Å². The summed E-state index contributed by atoms with van der Waals surface area (Å²) in [4.78, 5) is 14.2. The Kier molecular flexibility index (Phi) is 2.51. The minimum absolute atomic E-state index is 0.949. The molecular formula is C24H14N4. The second-order valence-corrected chi connectivity index (χ2v) is 7.36. The van der Waals surface area contributed by atoms with Gasteiger partial charge in [-0.3, -0.25) is 14.4 Å². The molecule has 6 aromatic rings. The van der Waals surface area contributed by atoms with Gasteiger partial charge in [-0.05, 0) is 47.4 Å². The van der Waals surface area contributed by atoms with E-state index in [-0.39, 0.29) is 0 Å². The lowest BCUT2D eigenvalue weighted by Crippen LogP contribution is -1.93. The van der Waals surface area contributed by atoms with E-state index in [0.717, 1.165) is 44.9 Å². The summed E-state index contributed by atoms with van der Waals surface area (Å²) < 4.78 is 2.26. The lowest BCUT2D eigenvalue weighted by molar-refractivity contribution is 1.26. The first-order valence-electron chi connectivity index (χ1n) is 9.43. The van der Waals surface area contributed by atoms with Crippen molar-refractivity contribution in [3.8, 4) is 11.1 Å². The normalized spacial score (nSPS) is 12.9. The number of hydrogen-bond acceptors (Lipinski definition) is 3. The highest BCUT2D eigenvalue weighted by molar-refractivity contribution is 6.13. The van der Waals surface area contributed by atoms with Crippen LogP contribution in [0.2, 0.25) is 0 Å². The molecule has 0 aliphatic heterocycles. The number of rotatable bonds is 0. The molecule has 0 saturated carbocycles. The Morgan fingerprint density at radius 1 is 0.750 bits per heavy atom. The Balaban J connectivity index is 1.77. The Morgan fingerprint density at radius 2 is 1.71 bits per heavy atom. The van der Waals surface area contributed by atoms with E-state index in [1.807, 2.05) is 24.7 Å². The Labute approximate surface area is 160 Å². The minimum atomic E-state index is 0.949. The third kappa shape index (κ3) is 1.63. The fourth-order valence-corrected chi connectivity index (χ4v) is 4.75. The number of aromatic nitrogens is 4. The Bertz CT molecular complexity index is 1590. The highest BCUT2D eigenvalue weighted by atomic mass is 15.0. The van der Waals surface area contributed by atoms with Crippen molar-refractivity contribution in [1.29, 1.82) is 0 Å². The van der Waals surface area contributed by atoms with Crippen LogP contribution in [-0.4, -0.2) is 19.4 Å². The van der Waals surface area contributed by atoms with Crippen LogP contribution in [0.25, 0.3) is 49.6 Å². The lowest BCUT2D eigenvalue weighted by Gasteiger charge is -2.07. The summed E-state index contributed by atoms with van der Waals surface area (Å²) in [6.45, 7) is 0. The molecule has 1 aliphatic carbocycles. The molecule has 0 fully saturated rings. The van der Waals surface area contributed by atoms with Crippen LogP contribution >= 0.6 is 0 Å². The summed E-state index contributed by atoms with van der Waals surface area (Å²) in [5.41, 5.74) is 10.5. The molecule has 2 aromatic carbocycles. The fourth-order valence-electron chi connectivity index (χ4n) is 4.75. The standard InChI is InChI=1S/C24H14N4/c1-2-5-16-14(4-1)12-15-7-8-20-23(21(15)16)27-24-17-6-3-10-26-22(17)18-13-25-11-9-19(18)28(20)24/h1-11,13H,12H2. The summed E-state index contributed by atoms with van der Waals surface area (Å²) in [5, 5.41) is 2.10. The average Bonchev–Trinajstić information content (AvgIpc) is 3.32. The van der Waals surface area contributed by atoms with Crippen LogP contribution in [-0.2, 0) is 6.42 Å². The van der Waals surface area contributed by atoms with Gasteiger partial charge in [0.15, 0.2) is 0 Å². The molecular weight excluding hydrogens is 344 g/mol. The fraction of sp³-hybridized carbons (Fsp3) is 0.0417. The van der Waals surface area contributed by atoms with Gasteiger partial charge in [-0.15, -0.1) is 0 Å². The number of hydrogen-bond donors (Lipinski definition) is 0. The van der Waals surface area contributed by atoms with E-state index >= 15 is 0 Å². The molecule has 0 atom stereocenters. The molecule has 28 heavy (non-hydrogen) atoms. The Morgan fingerprint density at radius 3 is 2.71 bits per heavy atom. The first-order chi connectivity index (χ1) is 13.9. The van der Waals surface area contributed by atoms with Crippen LogP contribution in [0, 0.1) is 0 Å². The van der Waals surface area contributed by atoms with Crippen molar-refractivity contribution in [2.75, 3.05) is 0 Å². The zero-order valence-electron chi connectivity index (χ0n) is 14.9. The molecule has 0 amide bonds. The summed E-state index contributed by atoms with van der Waals surface area (Å²) >= 11 is 0. The second kappa shape index (κ2) is 4.93. The van der Waals surface area contributed by atoms with Crippen molar-refractivity contribution in [2.45, 2.75) is 6.42 Å². The smallest absolute Gasteiger partial charge is 0.147 e. The number of benzene rings is 2. The van der Waals surface area contributed by atoms with E-state index in [4.69, 9.17) is 4.98 Å². The molecule has 4 nitrogen and oxygen atoms in total. The third-order valence-electron chi connectivity index (χ3n) is 5.92. The second-order valence-electron chi connectivity index (χ2n) is 7.36. The highest BCUT2D eigenvalue weighted by Gasteiger charge is 2.24. The molecule has 0 saturated heterocycles. The zero-order valence-corrected chi connectivity index (χ0v) is 14.9. The van der Waals surface area contributed by atoms with Gasteiger partial charge < -0.3 is 0 Å². The molecule has 0 radical (unpaired) electrons. The van der Waals surface area contributed by atoms with Crippen LogP contribution in [0.4, 0.5) is 0 Å². The van der Waals surface area contributed by atoms with Crippen molar-refractivity contribution < 1.29 is 0 Å². The van der Waals surface area contributed by atoms with E-state index < -0.39 is 0 Å². The highest BCUT2D eigenvalue weighted by Crippen LogP contribution is 2.42. The molecule has 130 valence electrons. The van der Waals surface area contributed by atoms with E-state index in [2.05, 4.69) is 62.9 Å². The zero-order chi connectivity index (χ0) is 18.2. The first kappa shape index (κ1) is 14.3. The molecule has 7 rings (SSSR count). The van der Waals surface area contributed by atoms with Crippen molar-refractivity contribution >= 4 is 38.5 Å². The van der Waals surface area contributed by atoms with Crippen LogP contribution in [0.3, 0.4) is 0 Å². The molecule has 4 aromatic heterocycles. The number of nitrogens with zero attached hydrogens (tertiary/aromatic N) is 4. The summed E-state index contributed by atoms with van der Waals surface area (Å²) in [7, 11) is 0. The molecule has 4 heterocycles. The summed E-state index contributed by atoms with van der Waals surface area (Å²) in [5.74, 6) is 0.